The second kappa shape index (κ2) is 7.19. The third-order valence-corrected chi connectivity index (χ3v) is 3.88. The monoisotopic (exact) mass is 311 g/mol. The first kappa shape index (κ1) is 15.4. The number of amides is 1. The number of hydrogen-bond acceptors (Lipinski definition) is 5. The van der Waals surface area contributed by atoms with E-state index in [9.17, 15) is 4.79 Å². The first-order valence-corrected chi connectivity index (χ1v) is 7.81. The van der Waals surface area contributed by atoms with E-state index < -0.39 is 0 Å². The lowest BCUT2D eigenvalue weighted by molar-refractivity contribution is -0.117. The Hall–Kier alpha value is -2.47. The van der Waals surface area contributed by atoms with Crippen LogP contribution in [0.5, 0.6) is 0 Å². The molecular formula is C17H21N5O. The molecule has 1 aliphatic rings. The van der Waals surface area contributed by atoms with Crippen LogP contribution in [0, 0.1) is 6.92 Å². The van der Waals surface area contributed by atoms with Crippen LogP contribution < -0.4 is 10.2 Å². The van der Waals surface area contributed by atoms with Gasteiger partial charge in [-0.15, -0.1) is 0 Å². The molecule has 1 amide bonds. The number of benzene rings is 1. The fourth-order valence-corrected chi connectivity index (χ4v) is 2.69. The minimum Gasteiger partial charge on any atom is -0.338 e. The number of carbonyl (C=O) groups is 1. The molecule has 3 rings (SSSR count). The van der Waals surface area contributed by atoms with Crippen molar-refractivity contribution in [2.75, 3.05) is 42.9 Å². The van der Waals surface area contributed by atoms with E-state index in [-0.39, 0.29) is 5.91 Å². The standard InChI is InChI=1S/C17H21N5O/c1-14-4-2-5-15(12-14)20-16(23)13-21-8-10-22(11-9-21)17-18-6-3-7-19-17/h2-7,12H,8-11,13H2,1H3,(H,20,23). The van der Waals surface area contributed by atoms with Gasteiger partial charge in [0.2, 0.25) is 11.9 Å². The predicted molar refractivity (Wildman–Crippen MR) is 90.5 cm³/mol. The van der Waals surface area contributed by atoms with Crippen molar-refractivity contribution in [3.05, 3.63) is 48.3 Å². The molecule has 120 valence electrons. The summed E-state index contributed by atoms with van der Waals surface area (Å²) >= 11 is 0. The number of carbonyl (C=O) groups excluding carboxylic acids is 1. The van der Waals surface area contributed by atoms with Crippen LogP contribution >= 0.6 is 0 Å². The van der Waals surface area contributed by atoms with E-state index in [2.05, 4.69) is 25.1 Å². The van der Waals surface area contributed by atoms with Crippen LogP contribution in [0.2, 0.25) is 0 Å². The van der Waals surface area contributed by atoms with Gasteiger partial charge in [0.15, 0.2) is 0 Å². The third kappa shape index (κ3) is 4.26. The lowest BCUT2D eigenvalue weighted by Crippen LogP contribution is -2.49. The average molecular weight is 311 g/mol. The first-order chi connectivity index (χ1) is 11.2. The van der Waals surface area contributed by atoms with Crippen molar-refractivity contribution in [3.63, 3.8) is 0 Å². The molecule has 6 heteroatoms. The van der Waals surface area contributed by atoms with Crippen LogP contribution in [0.1, 0.15) is 5.56 Å². The lowest BCUT2D eigenvalue weighted by Gasteiger charge is -2.34. The van der Waals surface area contributed by atoms with Crippen molar-refractivity contribution in [2.24, 2.45) is 0 Å². The fraction of sp³-hybridized carbons (Fsp3) is 0.353. The highest BCUT2D eigenvalue weighted by Crippen LogP contribution is 2.11. The van der Waals surface area contributed by atoms with Gasteiger partial charge in [-0.3, -0.25) is 9.69 Å². The third-order valence-electron chi connectivity index (χ3n) is 3.88. The van der Waals surface area contributed by atoms with Crippen LogP contribution in [-0.4, -0.2) is 53.5 Å². The molecule has 0 aliphatic carbocycles. The first-order valence-electron chi connectivity index (χ1n) is 7.81. The zero-order valence-electron chi connectivity index (χ0n) is 13.3. The van der Waals surface area contributed by atoms with E-state index in [1.165, 1.54) is 0 Å². The summed E-state index contributed by atoms with van der Waals surface area (Å²) in [5.74, 6) is 0.788. The lowest BCUT2D eigenvalue weighted by atomic mass is 10.2. The Balaban J connectivity index is 1.48. The normalized spacial score (nSPS) is 15.4. The average Bonchev–Trinajstić information content (AvgIpc) is 2.56. The SMILES string of the molecule is Cc1cccc(NC(=O)CN2CCN(c3ncccn3)CC2)c1. The molecule has 0 atom stereocenters. The second-order valence-electron chi connectivity index (χ2n) is 5.73. The Morgan fingerprint density at radius 2 is 1.87 bits per heavy atom. The number of rotatable bonds is 4. The number of piperazine rings is 1. The smallest absolute Gasteiger partial charge is 0.238 e. The van der Waals surface area contributed by atoms with Gasteiger partial charge < -0.3 is 10.2 Å². The van der Waals surface area contributed by atoms with Crippen molar-refractivity contribution in [3.8, 4) is 0 Å². The summed E-state index contributed by atoms with van der Waals surface area (Å²) < 4.78 is 0. The molecule has 0 spiro atoms. The molecule has 23 heavy (non-hydrogen) atoms. The maximum absolute atomic E-state index is 12.2. The van der Waals surface area contributed by atoms with Crippen LogP contribution in [0.3, 0.4) is 0 Å². The predicted octanol–water partition coefficient (Wildman–Crippen LogP) is 1.55. The quantitative estimate of drug-likeness (QED) is 0.928. The summed E-state index contributed by atoms with van der Waals surface area (Å²) in [5, 5.41) is 2.95. The van der Waals surface area contributed by atoms with Crippen LogP contribution in [0.25, 0.3) is 0 Å². The minimum absolute atomic E-state index is 0.0278. The van der Waals surface area contributed by atoms with E-state index >= 15 is 0 Å². The Labute approximate surface area is 136 Å². The van der Waals surface area contributed by atoms with Gasteiger partial charge in [0.1, 0.15) is 0 Å². The molecule has 0 saturated carbocycles. The van der Waals surface area contributed by atoms with Crippen LogP contribution in [-0.2, 0) is 4.79 Å². The van der Waals surface area contributed by atoms with Gasteiger partial charge in [0.05, 0.1) is 6.54 Å². The van der Waals surface area contributed by atoms with Gasteiger partial charge in [-0.1, -0.05) is 12.1 Å². The van der Waals surface area contributed by atoms with Gasteiger partial charge in [0.25, 0.3) is 0 Å². The maximum Gasteiger partial charge on any atom is 0.238 e. The molecule has 1 fully saturated rings. The zero-order chi connectivity index (χ0) is 16.1. The molecule has 0 bridgehead atoms. The topological polar surface area (TPSA) is 61.4 Å². The van der Waals surface area contributed by atoms with Gasteiger partial charge in [-0.25, -0.2) is 9.97 Å². The van der Waals surface area contributed by atoms with E-state index in [0.717, 1.165) is 43.4 Å². The number of nitrogens with one attached hydrogen (secondary N) is 1. The van der Waals surface area contributed by atoms with E-state index in [1.54, 1.807) is 12.4 Å². The molecular weight excluding hydrogens is 290 g/mol. The van der Waals surface area contributed by atoms with E-state index in [1.807, 2.05) is 37.3 Å². The Bertz CT molecular complexity index is 653. The number of aryl methyl sites for hydroxylation is 1. The Kier molecular flexibility index (Phi) is 4.83. The zero-order valence-corrected chi connectivity index (χ0v) is 13.3. The van der Waals surface area contributed by atoms with Crippen LogP contribution in [0.15, 0.2) is 42.7 Å². The van der Waals surface area contributed by atoms with Crippen molar-refractivity contribution in [1.82, 2.24) is 14.9 Å². The molecule has 6 nitrogen and oxygen atoms in total. The van der Waals surface area contributed by atoms with Gasteiger partial charge in [0, 0.05) is 44.3 Å². The molecule has 2 aromatic rings. The summed E-state index contributed by atoms with van der Waals surface area (Å²) in [6.07, 6.45) is 3.51. The molecule has 1 N–H and O–H groups in total. The van der Waals surface area contributed by atoms with Gasteiger partial charge in [-0.2, -0.15) is 0 Å². The van der Waals surface area contributed by atoms with Gasteiger partial charge in [-0.05, 0) is 30.7 Å². The summed E-state index contributed by atoms with van der Waals surface area (Å²) in [4.78, 5) is 25.0. The highest BCUT2D eigenvalue weighted by atomic mass is 16.2. The van der Waals surface area contributed by atoms with Crippen molar-refractivity contribution >= 4 is 17.5 Å². The van der Waals surface area contributed by atoms with E-state index in [4.69, 9.17) is 0 Å². The fourth-order valence-electron chi connectivity index (χ4n) is 2.69. The van der Waals surface area contributed by atoms with Gasteiger partial charge >= 0.3 is 0 Å². The highest BCUT2D eigenvalue weighted by Gasteiger charge is 2.20. The molecule has 1 aliphatic heterocycles. The van der Waals surface area contributed by atoms with Crippen molar-refractivity contribution in [1.29, 1.82) is 0 Å². The number of anilines is 2. The van der Waals surface area contributed by atoms with Crippen molar-refractivity contribution < 1.29 is 4.79 Å². The Morgan fingerprint density at radius 1 is 1.13 bits per heavy atom. The molecule has 2 heterocycles. The molecule has 0 radical (unpaired) electrons. The molecule has 1 aromatic carbocycles. The van der Waals surface area contributed by atoms with Crippen molar-refractivity contribution in [2.45, 2.75) is 6.92 Å². The number of aromatic nitrogens is 2. The van der Waals surface area contributed by atoms with E-state index in [0.29, 0.717) is 6.54 Å². The molecule has 1 saturated heterocycles. The number of nitrogens with zero attached hydrogens (tertiary/aromatic N) is 4. The Morgan fingerprint density at radius 3 is 2.57 bits per heavy atom. The summed E-state index contributed by atoms with van der Waals surface area (Å²) in [6, 6.07) is 9.66. The molecule has 0 unspecified atom stereocenters. The summed E-state index contributed by atoms with van der Waals surface area (Å²) in [6.45, 7) is 5.76. The second-order valence-corrected chi connectivity index (χ2v) is 5.73. The summed E-state index contributed by atoms with van der Waals surface area (Å²) in [7, 11) is 0. The highest BCUT2D eigenvalue weighted by molar-refractivity contribution is 5.92. The minimum atomic E-state index is 0.0278. The summed E-state index contributed by atoms with van der Waals surface area (Å²) in [5.41, 5.74) is 1.99. The van der Waals surface area contributed by atoms with Crippen LogP contribution in [0.4, 0.5) is 11.6 Å². The molecule has 1 aromatic heterocycles. The largest absolute Gasteiger partial charge is 0.338 e. The maximum atomic E-state index is 12.2. The number of hydrogen-bond donors (Lipinski definition) is 1.